The first-order chi connectivity index (χ1) is 17.0. The monoisotopic (exact) mass is 501 g/mol. The molecule has 2 heterocycles. The summed E-state index contributed by atoms with van der Waals surface area (Å²) in [7, 11) is 0. The number of halogens is 3. The normalized spacial score (nSPS) is 14.7. The highest BCUT2D eigenvalue weighted by atomic mass is 19.4. The van der Waals surface area contributed by atoms with Gasteiger partial charge in [-0.1, -0.05) is 6.07 Å². The van der Waals surface area contributed by atoms with Gasteiger partial charge in [-0.3, -0.25) is 4.90 Å². The summed E-state index contributed by atoms with van der Waals surface area (Å²) in [5.74, 6) is 0.239. The van der Waals surface area contributed by atoms with Crippen LogP contribution >= 0.6 is 0 Å². The molecule has 9 heteroatoms. The Morgan fingerprint density at radius 1 is 0.972 bits per heavy atom. The molecule has 1 aromatic heterocycles. The molecule has 2 aromatic carbocycles. The van der Waals surface area contributed by atoms with E-state index in [1.807, 2.05) is 45.0 Å². The lowest BCUT2D eigenvalue weighted by Gasteiger charge is -2.19. The van der Waals surface area contributed by atoms with Crippen molar-refractivity contribution < 1.29 is 27.4 Å². The number of esters is 1. The first kappa shape index (κ1) is 25.8. The van der Waals surface area contributed by atoms with Crippen molar-refractivity contribution in [2.45, 2.75) is 51.9 Å². The number of carbonyl (C=O) groups is 1. The fourth-order valence-electron chi connectivity index (χ4n) is 4.13. The van der Waals surface area contributed by atoms with E-state index in [4.69, 9.17) is 9.47 Å². The predicted octanol–water partition coefficient (Wildman–Crippen LogP) is 5.21. The van der Waals surface area contributed by atoms with Crippen molar-refractivity contribution >= 4 is 5.97 Å². The van der Waals surface area contributed by atoms with Crippen LogP contribution in [0.5, 0.6) is 5.75 Å². The van der Waals surface area contributed by atoms with Gasteiger partial charge in [-0.25, -0.2) is 9.48 Å². The van der Waals surface area contributed by atoms with Crippen molar-refractivity contribution in [3.8, 4) is 11.4 Å². The summed E-state index contributed by atoms with van der Waals surface area (Å²) in [5, 5.41) is 4.56. The predicted molar refractivity (Wildman–Crippen MR) is 129 cm³/mol. The Morgan fingerprint density at radius 3 is 2.33 bits per heavy atom. The largest absolute Gasteiger partial charge is 0.482 e. The first-order valence-electron chi connectivity index (χ1n) is 11.9. The Hall–Kier alpha value is -3.33. The Kier molecular flexibility index (Phi) is 7.40. The van der Waals surface area contributed by atoms with E-state index in [9.17, 15) is 18.0 Å². The first-order valence-corrected chi connectivity index (χ1v) is 11.9. The summed E-state index contributed by atoms with van der Waals surface area (Å²) in [5.41, 5.74) is 2.64. The molecule has 0 radical (unpaired) electrons. The Bertz CT molecular complexity index is 1200. The molecule has 1 aliphatic heterocycles. The van der Waals surface area contributed by atoms with E-state index in [1.54, 1.807) is 10.9 Å². The zero-order chi connectivity index (χ0) is 25.9. The molecule has 1 aliphatic rings. The van der Waals surface area contributed by atoms with Gasteiger partial charge >= 0.3 is 12.1 Å². The number of hydrogen-bond donors (Lipinski definition) is 0. The standard InChI is InChI=1S/C27H30F3N3O3/c1-26(2,3)36-25(34)18-35-24-9-4-19-10-13-32(14-11-20(19)16-24)17-22-12-15-33(31-22)23-7-5-21(6-8-23)27(28,29)30/h4-9,12,15-16H,10-11,13-14,17-18H2,1-3H3. The summed E-state index contributed by atoms with van der Waals surface area (Å²) in [4.78, 5) is 14.2. The van der Waals surface area contributed by atoms with Crippen molar-refractivity contribution in [2.24, 2.45) is 0 Å². The van der Waals surface area contributed by atoms with Gasteiger partial charge in [0.15, 0.2) is 6.61 Å². The molecule has 0 unspecified atom stereocenters. The van der Waals surface area contributed by atoms with Gasteiger partial charge in [-0.05, 0) is 87.2 Å². The van der Waals surface area contributed by atoms with Gasteiger partial charge in [0.2, 0.25) is 0 Å². The molecule has 0 aliphatic carbocycles. The third kappa shape index (κ3) is 6.87. The number of fused-ring (bicyclic) bond motifs is 1. The van der Waals surface area contributed by atoms with Crippen molar-refractivity contribution in [1.82, 2.24) is 14.7 Å². The van der Waals surface area contributed by atoms with Crippen LogP contribution in [0.2, 0.25) is 0 Å². The van der Waals surface area contributed by atoms with Crippen LogP contribution < -0.4 is 4.74 Å². The van der Waals surface area contributed by atoms with Gasteiger partial charge in [0, 0.05) is 25.8 Å². The lowest BCUT2D eigenvalue weighted by Crippen LogP contribution is -2.27. The molecule has 0 spiro atoms. The minimum atomic E-state index is -4.36. The lowest BCUT2D eigenvalue weighted by molar-refractivity contribution is -0.157. The van der Waals surface area contributed by atoms with Gasteiger partial charge in [0.1, 0.15) is 11.4 Å². The van der Waals surface area contributed by atoms with Gasteiger partial charge in [-0.2, -0.15) is 18.3 Å². The van der Waals surface area contributed by atoms with Crippen LogP contribution in [0, 0.1) is 0 Å². The second-order valence-electron chi connectivity index (χ2n) is 9.88. The highest BCUT2D eigenvalue weighted by molar-refractivity contribution is 5.71. The number of benzene rings is 2. The minimum absolute atomic E-state index is 0.135. The van der Waals surface area contributed by atoms with Crippen LogP contribution in [-0.4, -0.2) is 45.9 Å². The van der Waals surface area contributed by atoms with Gasteiger partial charge < -0.3 is 9.47 Å². The van der Waals surface area contributed by atoms with Crippen LogP contribution in [0.3, 0.4) is 0 Å². The average molecular weight is 502 g/mol. The van der Waals surface area contributed by atoms with Gasteiger partial charge in [0.05, 0.1) is 16.9 Å². The van der Waals surface area contributed by atoms with E-state index in [-0.39, 0.29) is 6.61 Å². The summed E-state index contributed by atoms with van der Waals surface area (Å²) < 4.78 is 51.0. The molecular weight excluding hydrogens is 471 g/mol. The zero-order valence-corrected chi connectivity index (χ0v) is 20.6. The number of hydrogen-bond acceptors (Lipinski definition) is 5. The lowest BCUT2D eigenvalue weighted by atomic mass is 10.0. The smallest absolute Gasteiger partial charge is 0.416 e. The Labute approximate surface area is 208 Å². The number of aromatic nitrogens is 2. The van der Waals surface area contributed by atoms with Crippen molar-refractivity contribution in [1.29, 1.82) is 0 Å². The number of ether oxygens (including phenoxy) is 2. The molecular formula is C27H30F3N3O3. The topological polar surface area (TPSA) is 56.6 Å². The van der Waals surface area contributed by atoms with Crippen LogP contribution in [0.15, 0.2) is 54.7 Å². The molecule has 6 nitrogen and oxygen atoms in total. The van der Waals surface area contributed by atoms with E-state index in [2.05, 4.69) is 10.00 Å². The Morgan fingerprint density at radius 2 is 1.67 bits per heavy atom. The molecule has 36 heavy (non-hydrogen) atoms. The van der Waals surface area contributed by atoms with Gasteiger partial charge in [0.25, 0.3) is 0 Å². The van der Waals surface area contributed by atoms with Crippen molar-refractivity contribution in [3.05, 3.63) is 77.1 Å². The number of carbonyl (C=O) groups excluding carboxylic acids is 1. The summed E-state index contributed by atoms with van der Waals surface area (Å²) >= 11 is 0. The minimum Gasteiger partial charge on any atom is -0.482 e. The molecule has 4 rings (SSSR count). The summed E-state index contributed by atoms with van der Waals surface area (Å²) in [6.07, 6.45) is -0.887. The molecule has 0 N–H and O–H groups in total. The number of rotatable bonds is 6. The zero-order valence-electron chi connectivity index (χ0n) is 20.6. The molecule has 0 fully saturated rings. The number of nitrogens with zero attached hydrogens (tertiary/aromatic N) is 3. The molecule has 0 amide bonds. The summed E-state index contributed by atoms with van der Waals surface area (Å²) in [6.45, 7) is 7.65. The fraction of sp³-hybridized carbons (Fsp3) is 0.407. The molecule has 0 saturated heterocycles. The van der Waals surface area contributed by atoms with E-state index in [0.717, 1.165) is 43.8 Å². The molecule has 192 valence electrons. The second-order valence-corrected chi connectivity index (χ2v) is 9.88. The van der Waals surface area contributed by atoms with E-state index >= 15 is 0 Å². The SMILES string of the molecule is CC(C)(C)OC(=O)COc1ccc2c(c1)CCN(Cc1ccn(-c3ccc(C(F)(F)F)cc3)n1)CC2. The summed E-state index contributed by atoms with van der Waals surface area (Å²) in [6, 6.07) is 12.8. The van der Waals surface area contributed by atoms with Crippen LogP contribution in [0.1, 0.15) is 43.2 Å². The third-order valence-electron chi connectivity index (χ3n) is 5.84. The second kappa shape index (κ2) is 10.3. The van der Waals surface area contributed by atoms with Crippen molar-refractivity contribution in [3.63, 3.8) is 0 Å². The Balaban J connectivity index is 1.33. The molecule has 3 aromatic rings. The molecule has 0 atom stereocenters. The highest BCUT2D eigenvalue weighted by Crippen LogP contribution is 2.29. The quantitative estimate of drug-likeness (QED) is 0.434. The average Bonchev–Trinajstić information content (AvgIpc) is 3.17. The van der Waals surface area contributed by atoms with Crippen LogP contribution in [-0.2, 0) is 35.1 Å². The van der Waals surface area contributed by atoms with E-state index in [0.29, 0.717) is 18.0 Å². The highest BCUT2D eigenvalue weighted by Gasteiger charge is 2.30. The number of alkyl halides is 3. The molecule has 0 bridgehead atoms. The molecule has 0 saturated carbocycles. The maximum absolute atomic E-state index is 12.8. The van der Waals surface area contributed by atoms with Crippen molar-refractivity contribution in [2.75, 3.05) is 19.7 Å². The van der Waals surface area contributed by atoms with Crippen LogP contribution in [0.4, 0.5) is 13.2 Å². The third-order valence-corrected chi connectivity index (χ3v) is 5.84. The van der Waals surface area contributed by atoms with E-state index in [1.165, 1.54) is 23.3 Å². The maximum atomic E-state index is 12.8. The van der Waals surface area contributed by atoms with E-state index < -0.39 is 23.3 Å². The van der Waals surface area contributed by atoms with Gasteiger partial charge in [-0.15, -0.1) is 0 Å². The fourth-order valence-corrected chi connectivity index (χ4v) is 4.13. The van der Waals surface area contributed by atoms with Crippen LogP contribution in [0.25, 0.3) is 5.69 Å². The maximum Gasteiger partial charge on any atom is 0.416 e.